The van der Waals surface area contributed by atoms with Gasteiger partial charge in [-0.25, -0.2) is 5.32 Å². The van der Waals surface area contributed by atoms with Crippen LogP contribution in [0.15, 0.2) is 0 Å². The molecule has 3 aliphatic rings. The van der Waals surface area contributed by atoms with Gasteiger partial charge >= 0.3 is 0 Å². The first-order valence-electron chi connectivity index (χ1n) is 8.06. The Morgan fingerprint density at radius 3 is 2.60 bits per heavy atom. The summed E-state index contributed by atoms with van der Waals surface area (Å²) in [6, 6.07) is 0. The first-order valence-corrected chi connectivity index (χ1v) is 8.06. The van der Waals surface area contributed by atoms with Gasteiger partial charge in [-0.3, -0.25) is 4.84 Å². The number of hydroxylamine groups is 1. The molecule has 0 aromatic carbocycles. The minimum atomic E-state index is -0.310. The Hall–Kier alpha value is -0.160. The van der Waals surface area contributed by atoms with Crippen LogP contribution in [0.3, 0.4) is 0 Å². The van der Waals surface area contributed by atoms with Gasteiger partial charge in [-0.2, -0.15) is 5.48 Å². The molecule has 3 unspecified atom stereocenters. The molecule has 0 radical (unpaired) electrons. The van der Waals surface area contributed by atoms with E-state index in [1.165, 1.54) is 25.7 Å². The third-order valence-corrected chi connectivity index (χ3v) is 6.98. The molecule has 2 aliphatic carbocycles. The van der Waals surface area contributed by atoms with E-state index < -0.39 is 0 Å². The fourth-order valence-electron chi connectivity index (χ4n) is 5.58. The lowest BCUT2D eigenvalue weighted by Crippen LogP contribution is -2.61. The van der Waals surface area contributed by atoms with Crippen molar-refractivity contribution in [2.24, 2.45) is 22.2 Å². The molecule has 1 aliphatic heterocycles. The van der Waals surface area contributed by atoms with Gasteiger partial charge in [0.1, 0.15) is 0 Å². The minimum absolute atomic E-state index is 0.201. The number of hydrogen-bond acceptors (Lipinski definition) is 4. The Labute approximate surface area is 122 Å². The molecule has 20 heavy (non-hydrogen) atoms. The molecule has 0 spiro atoms. The van der Waals surface area contributed by atoms with E-state index in [0.29, 0.717) is 16.2 Å². The number of nitrogens with one attached hydrogen (secondary N) is 2. The van der Waals surface area contributed by atoms with E-state index in [0.717, 1.165) is 12.3 Å². The maximum Gasteiger partial charge on any atom is 0.235 e. The lowest BCUT2D eigenvalue weighted by molar-refractivity contribution is -0.178. The molecule has 0 aromatic heterocycles. The number of fused-ring (bicyclic) bond motifs is 1. The molecule has 116 valence electrons. The molecule has 0 bridgehead atoms. The summed E-state index contributed by atoms with van der Waals surface area (Å²) >= 11 is 0. The monoisotopic (exact) mass is 282 g/mol. The SMILES string of the molecule is CCC1C[C@]2(C)C[C@](C)(CC3NOC(OC)N3)[C@]2(C)C1. The highest BCUT2D eigenvalue weighted by Crippen LogP contribution is 2.77. The summed E-state index contributed by atoms with van der Waals surface area (Å²) in [4.78, 5) is 5.36. The lowest BCUT2D eigenvalue weighted by Gasteiger charge is -2.66. The van der Waals surface area contributed by atoms with Crippen LogP contribution in [0.1, 0.15) is 59.8 Å². The Morgan fingerprint density at radius 2 is 2.00 bits per heavy atom. The van der Waals surface area contributed by atoms with Gasteiger partial charge in [0.15, 0.2) is 0 Å². The van der Waals surface area contributed by atoms with Crippen LogP contribution in [-0.4, -0.2) is 19.7 Å². The molecule has 1 heterocycles. The summed E-state index contributed by atoms with van der Waals surface area (Å²) in [6.45, 7) is 9.84. The molecule has 4 heteroatoms. The van der Waals surface area contributed by atoms with Crippen LogP contribution in [0, 0.1) is 22.2 Å². The Morgan fingerprint density at radius 1 is 1.25 bits per heavy atom. The van der Waals surface area contributed by atoms with E-state index in [-0.39, 0.29) is 12.6 Å². The molecule has 0 aromatic rings. The van der Waals surface area contributed by atoms with Crippen LogP contribution >= 0.6 is 0 Å². The molecular formula is C16H30N2O2. The van der Waals surface area contributed by atoms with Crippen molar-refractivity contribution in [1.82, 2.24) is 10.8 Å². The van der Waals surface area contributed by atoms with Gasteiger partial charge < -0.3 is 4.74 Å². The summed E-state index contributed by atoms with van der Waals surface area (Å²) in [5.41, 5.74) is 4.48. The second kappa shape index (κ2) is 4.67. The highest BCUT2D eigenvalue weighted by Gasteiger charge is 2.69. The number of ether oxygens (including phenoxy) is 1. The van der Waals surface area contributed by atoms with Crippen LogP contribution in [-0.2, 0) is 9.57 Å². The smallest absolute Gasteiger partial charge is 0.235 e. The summed E-state index contributed by atoms with van der Waals surface area (Å²) in [5, 5.41) is 3.34. The van der Waals surface area contributed by atoms with Gasteiger partial charge in [0.2, 0.25) is 6.41 Å². The van der Waals surface area contributed by atoms with E-state index >= 15 is 0 Å². The van der Waals surface area contributed by atoms with Crippen molar-refractivity contribution < 1.29 is 9.57 Å². The lowest BCUT2D eigenvalue weighted by atomic mass is 9.38. The Bertz CT molecular complexity index is 391. The Kier molecular flexibility index (Phi) is 3.45. The zero-order valence-corrected chi connectivity index (χ0v) is 13.6. The van der Waals surface area contributed by atoms with Crippen molar-refractivity contribution >= 4 is 0 Å². The zero-order chi connectivity index (χ0) is 14.6. The zero-order valence-electron chi connectivity index (χ0n) is 13.6. The van der Waals surface area contributed by atoms with E-state index in [1.54, 1.807) is 7.11 Å². The molecule has 4 nitrogen and oxygen atoms in total. The summed E-state index contributed by atoms with van der Waals surface area (Å²) in [7, 11) is 1.66. The second-order valence-electron chi connectivity index (χ2n) is 8.04. The van der Waals surface area contributed by atoms with Crippen molar-refractivity contribution in [3.05, 3.63) is 0 Å². The van der Waals surface area contributed by atoms with Crippen LogP contribution < -0.4 is 10.8 Å². The van der Waals surface area contributed by atoms with Crippen LogP contribution in [0.2, 0.25) is 0 Å². The van der Waals surface area contributed by atoms with E-state index in [4.69, 9.17) is 9.57 Å². The number of methoxy groups -OCH3 is 1. The fourth-order valence-corrected chi connectivity index (χ4v) is 5.58. The van der Waals surface area contributed by atoms with Crippen molar-refractivity contribution in [3.63, 3.8) is 0 Å². The summed E-state index contributed by atoms with van der Waals surface area (Å²) in [6.07, 6.45) is 6.47. The normalized spacial score (nSPS) is 54.8. The van der Waals surface area contributed by atoms with Gasteiger partial charge in [-0.1, -0.05) is 34.1 Å². The van der Waals surface area contributed by atoms with Gasteiger partial charge in [0.25, 0.3) is 0 Å². The van der Waals surface area contributed by atoms with Gasteiger partial charge in [-0.15, -0.1) is 0 Å². The highest BCUT2D eigenvalue weighted by atomic mass is 16.8. The van der Waals surface area contributed by atoms with Crippen LogP contribution in [0.5, 0.6) is 0 Å². The van der Waals surface area contributed by atoms with Crippen LogP contribution in [0.25, 0.3) is 0 Å². The van der Waals surface area contributed by atoms with Gasteiger partial charge in [-0.05, 0) is 47.8 Å². The first-order chi connectivity index (χ1) is 9.36. The molecule has 3 fully saturated rings. The predicted octanol–water partition coefficient (Wildman–Crippen LogP) is 3.00. The van der Waals surface area contributed by atoms with Crippen molar-refractivity contribution in [3.8, 4) is 0 Å². The van der Waals surface area contributed by atoms with E-state index in [1.807, 2.05) is 0 Å². The molecule has 2 N–H and O–H groups in total. The number of rotatable bonds is 4. The standard InChI is InChI=1S/C16H30N2O2/c1-6-11-7-14(2)10-15(3,16(14,4)8-11)9-12-17-13(19-5)20-18-12/h11-13,17-18H,6-10H2,1-5H3/t11?,12?,13?,14-,15+,16-/m1/s1. The van der Waals surface area contributed by atoms with Gasteiger partial charge in [0, 0.05) is 7.11 Å². The van der Waals surface area contributed by atoms with Crippen molar-refractivity contribution in [2.45, 2.75) is 72.4 Å². The third-order valence-electron chi connectivity index (χ3n) is 6.98. The fraction of sp³-hybridized carbons (Fsp3) is 1.00. The maximum atomic E-state index is 5.36. The maximum absolute atomic E-state index is 5.36. The molecular weight excluding hydrogens is 252 g/mol. The summed E-state index contributed by atoms with van der Waals surface area (Å²) < 4.78 is 5.18. The average Bonchev–Trinajstić information content (AvgIpc) is 2.92. The number of hydrogen-bond donors (Lipinski definition) is 2. The van der Waals surface area contributed by atoms with Crippen molar-refractivity contribution in [2.75, 3.05) is 7.11 Å². The average molecular weight is 282 g/mol. The second-order valence-corrected chi connectivity index (χ2v) is 8.04. The minimum Gasteiger partial charge on any atom is -0.342 e. The molecule has 0 amide bonds. The topological polar surface area (TPSA) is 42.5 Å². The van der Waals surface area contributed by atoms with E-state index in [2.05, 4.69) is 38.5 Å². The van der Waals surface area contributed by atoms with Crippen molar-refractivity contribution in [1.29, 1.82) is 0 Å². The van der Waals surface area contributed by atoms with E-state index in [9.17, 15) is 0 Å². The molecule has 6 atom stereocenters. The molecule has 2 saturated carbocycles. The van der Waals surface area contributed by atoms with Crippen LogP contribution in [0.4, 0.5) is 0 Å². The quantitative estimate of drug-likeness (QED) is 0.832. The highest BCUT2D eigenvalue weighted by molar-refractivity contribution is 5.18. The Balaban J connectivity index is 1.69. The summed E-state index contributed by atoms with van der Waals surface area (Å²) in [5.74, 6) is 0.916. The molecule has 1 saturated heterocycles. The third kappa shape index (κ3) is 1.88. The molecule has 3 rings (SSSR count). The van der Waals surface area contributed by atoms with Gasteiger partial charge in [0.05, 0.1) is 6.17 Å². The first kappa shape index (κ1) is 14.8. The largest absolute Gasteiger partial charge is 0.342 e. The predicted molar refractivity (Wildman–Crippen MR) is 78.5 cm³/mol.